The van der Waals surface area contributed by atoms with Crippen molar-refractivity contribution < 1.29 is 32.2 Å². The first-order valence-electron chi connectivity index (χ1n) is 10.2. The highest BCUT2D eigenvalue weighted by Gasteiger charge is 2.30. The maximum atomic E-state index is 13.1. The maximum absolute atomic E-state index is 13.1. The average Bonchev–Trinajstić information content (AvgIpc) is 2.81. The van der Waals surface area contributed by atoms with Crippen LogP contribution in [0.4, 0.5) is 18.9 Å². The molecule has 0 spiro atoms. The number of methoxy groups -OCH3 is 1. The van der Waals surface area contributed by atoms with E-state index in [0.29, 0.717) is 17.0 Å². The molecule has 34 heavy (non-hydrogen) atoms. The molecule has 1 amide bonds. The van der Waals surface area contributed by atoms with Crippen molar-refractivity contribution in [1.82, 2.24) is 0 Å². The quantitative estimate of drug-likeness (QED) is 0.343. The SMILES string of the molecule is COc1ccc(C)cc1NC(=O)[C@@H](OC(=O)/C=C/c1cccc(C(F)(F)F)c1)c1ccccc1. The lowest BCUT2D eigenvalue weighted by Gasteiger charge is -2.18. The summed E-state index contributed by atoms with van der Waals surface area (Å²) in [7, 11) is 1.47. The molecule has 0 saturated heterocycles. The third kappa shape index (κ3) is 6.48. The Bertz CT molecular complexity index is 1190. The third-order valence-corrected chi connectivity index (χ3v) is 4.81. The summed E-state index contributed by atoms with van der Waals surface area (Å²) >= 11 is 0. The molecular weight excluding hydrogens is 447 g/mol. The monoisotopic (exact) mass is 469 g/mol. The Hall–Kier alpha value is -4.07. The number of amides is 1. The Morgan fingerprint density at radius 1 is 0.971 bits per heavy atom. The van der Waals surface area contributed by atoms with E-state index in [1.165, 1.54) is 25.3 Å². The molecule has 0 radical (unpaired) electrons. The second-order valence-corrected chi connectivity index (χ2v) is 7.38. The molecule has 176 valence electrons. The second kappa shape index (κ2) is 10.7. The van der Waals surface area contributed by atoms with E-state index in [4.69, 9.17) is 9.47 Å². The van der Waals surface area contributed by atoms with Crippen LogP contribution in [0, 0.1) is 6.92 Å². The van der Waals surface area contributed by atoms with E-state index >= 15 is 0 Å². The fraction of sp³-hybridized carbons (Fsp3) is 0.154. The van der Waals surface area contributed by atoms with Crippen molar-refractivity contribution in [2.24, 2.45) is 0 Å². The number of aryl methyl sites for hydroxylation is 1. The molecule has 0 aromatic heterocycles. The van der Waals surface area contributed by atoms with Gasteiger partial charge in [0, 0.05) is 11.6 Å². The largest absolute Gasteiger partial charge is 0.495 e. The Balaban J connectivity index is 1.81. The molecule has 0 aliphatic carbocycles. The normalized spacial score (nSPS) is 12.3. The first kappa shape index (κ1) is 24.6. The number of hydrogen-bond donors (Lipinski definition) is 1. The van der Waals surface area contributed by atoms with E-state index in [2.05, 4.69) is 5.32 Å². The number of carbonyl (C=O) groups is 2. The van der Waals surface area contributed by atoms with Gasteiger partial charge in [-0.15, -0.1) is 0 Å². The van der Waals surface area contributed by atoms with Gasteiger partial charge in [-0.25, -0.2) is 4.79 Å². The first-order valence-corrected chi connectivity index (χ1v) is 10.2. The first-order chi connectivity index (χ1) is 16.2. The highest BCUT2D eigenvalue weighted by molar-refractivity contribution is 5.98. The summed E-state index contributed by atoms with van der Waals surface area (Å²) in [6.07, 6.45) is -3.63. The number of ether oxygens (including phenoxy) is 2. The highest BCUT2D eigenvalue weighted by atomic mass is 19.4. The average molecular weight is 469 g/mol. The minimum Gasteiger partial charge on any atom is -0.495 e. The number of hydrogen-bond acceptors (Lipinski definition) is 4. The van der Waals surface area contributed by atoms with Crippen LogP contribution in [0.5, 0.6) is 5.75 Å². The zero-order valence-electron chi connectivity index (χ0n) is 18.4. The summed E-state index contributed by atoms with van der Waals surface area (Å²) in [6.45, 7) is 1.85. The van der Waals surface area contributed by atoms with Crippen molar-refractivity contribution in [3.63, 3.8) is 0 Å². The number of anilines is 1. The summed E-state index contributed by atoms with van der Waals surface area (Å²) in [5, 5.41) is 2.71. The predicted octanol–water partition coefficient (Wildman–Crippen LogP) is 5.96. The number of benzene rings is 3. The van der Waals surface area contributed by atoms with Gasteiger partial charge >= 0.3 is 12.1 Å². The number of rotatable bonds is 7. The van der Waals surface area contributed by atoms with Crippen LogP contribution in [0.1, 0.15) is 28.4 Å². The lowest BCUT2D eigenvalue weighted by atomic mass is 10.1. The zero-order valence-corrected chi connectivity index (χ0v) is 18.4. The molecule has 1 atom stereocenters. The van der Waals surface area contributed by atoms with E-state index in [-0.39, 0.29) is 5.56 Å². The molecule has 3 aromatic rings. The summed E-state index contributed by atoms with van der Waals surface area (Å²) in [4.78, 5) is 25.5. The van der Waals surface area contributed by atoms with Crippen molar-refractivity contribution in [2.45, 2.75) is 19.2 Å². The number of nitrogens with one attached hydrogen (secondary N) is 1. The van der Waals surface area contributed by atoms with Gasteiger partial charge in [0.1, 0.15) is 5.75 Å². The van der Waals surface area contributed by atoms with Gasteiger partial charge in [0.25, 0.3) is 5.91 Å². The van der Waals surface area contributed by atoms with Crippen LogP contribution in [0.15, 0.2) is 78.9 Å². The highest BCUT2D eigenvalue weighted by Crippen LogP contribution is 2.30. The van der Waals surface area contributed by atoms with Gasteiger partial charge < -0.3 is 14.8 Å². The van der Waals surface area contributed by atoms with Crippen LogP contribution < -0.4 is 10.1 Å². The van der Waals surface area contributed by atoms with Gasteiger partial charge in [-0.3, -0.25) is 4.79 Å². The summed E-state index contributed by atoms with van der Waals surface area (Å²) in [5.74, 6) is -1.07. The zero-order chi connectivity index (χ0) is 24.7. The summed E-state index contributed by atoms with van der Waals surface area (Å²) in [5.41, 5.74) is 1.04. The summed E-state index contributed by atoms with van der Waals surface area (Å²) in [6, 6.07) is 18.1. The number of alkyl halides is 3. The molecule has 8 heteroatoms. The number of esters is 1. The van der Waals surface area contributed by atoms with Crippen molar-refractivity contribution in [1.29, 1.82) is 0 Å². The number of halogens is 3. The van der Waals surface area contributed by atoms with Crippen molar-refractivity contribution in [3.8, 4) is 5.75 Å². The minimum absolute atomic E-state index is 0.164. The fourth-order valence-electron chi connectivity index (χ4n) is 3.16. The van der Waals surface area contributed by atoms with E-state index in [1.54, 1.807) is 42.5 Å². The topological polar surface area (TPSA) is 64.6 Å². The molecule has 0 unspecified atom stereocenters. The van der Waals surface area contributed by atoms with Gasteiger partial charge in [-0.1, -0.05) is 48.5 Å². The van der Waals surface area contributed by atoms with E-state index in [1.807, 2.05) is 13.0 Å². The van der Waals surface area contributed by atoms with E-state index < -0.39 is 29.7 Å². The van der Waals surface area contributed by atoms with Crippen LogP contribution in [-0.4, -0.2) is 19.0 Å². The standard InChI is InChI=1S/C26H22F3NO4/c1-17-11-13-22(33-2)21(15-17)30-25(32)24(19-8-4-3-5-9-19)34-23(31)14-12-18-7-6-10-20(16-18)26(27,28)29/h3-16,24H,1-2H3,(H,30,32)/b14-12+/t24-/m0/s1. The fourth-order valence-corrected chi connectivity index (χ4v) is 3.16. The van der Waals surface area contributed by atoms with Crippen molar-refractivity contribution in [2.75, 3.05) is 12.4 Å². The Labute approximate surface area is 194 Å². The Morgan fingerprint density at radius 3 is 2.38 bits per heavy atom. The Kier molecular flexibility index (Phi) is 7.73. The van der Waals surface area contributed by atoms with Gasteiger partial charge in [0.05, 0.1) is 18.4 Å². The molecule has 3 rings (SSSR count). The van der Waals surface area contributed by atoms with E-state index in [9.17, 15) is 22.8 Å². The van der Waals surface area contributed by atoms with Gasteiger partial charge in [0.2, 0.25) is 6.10 Å². The van der Waals surface area contributed by atoms with Gasteiger partial charge in [0.15, 0.2) is 0 Å². The molecule has 0 fully saturated rings. The van der Waals surface area contributed by atoms with Crippen LogP contribution in [-0.2, 0) is 20.5 Å². The Morgan fingerprint density at radius 2 is 1.71 bits per heavy atom. The smallest absolute Gasteiger partial charge is 0.416 e. The third-order valence-electron chi connectivity index (χ3n) is 4.81. The molecule has 0 aliphatic heterocycles. The molecule has 1 N–H and O–H groups in total. The van der Waals surface area contributed by atoms with Crippen LogP contribution in [0.3, 0.4) is 0 Å². The lowest BCUT2D eigenvalue weighted by molar-refractivity contribution is -0.149. The summed E-state index contributed by atoms with van der Waals surface area (Å²) < 4.78 is 49.4. The molecule has 3 aromatic carbocycles. The van der Waals surface area contributed by atoms with Gasteiger partial charge in [-0.2, -0.15) is 13.2 Å². The van der Waals surface area contributed by atoms with Crippen LogP contribution in [0.25, 0.3) is 6.08 Å². The molecule has 0 heterocycles. The predicted molar refractivity (Wildman–Crippen MR) is 122 cm³/mol. The van der Waals surface area contributed by atoms with Crippen molar-refractivity contribution in [3.05, 3.63) is 101 Å². The minimum atomic E-state index is -4.50. The van der Waals surface area contributed by atoms with Crippen molar-refractivity contribution >= 4 is 23.6 Å². The molecule has 0 aliphatic rings. The number of carbonyl (C=O) groups excluding carboxylic acids is 2. The lowest BCUT2D eigenvalue weighted by Crippen LogP contribution is -2.25. The maximum Gasteiger partial charge on any atom is 0.416 e. The molecule has 5 nitrogen and oxygen atoms in total. The van der Waals surface area contributed by atoms with Crippen LogP contribution in [0.2, 0.25) is 0 Å². The van der Waals surface area contributed by atoms with E-state index in [0.717, 1.165) is 23.8 Å². The molecule has 0 bridgehead atoms. The molecule has 0 saturated carbocycles. The second-order valence-electron chi connectivity index (χ2n) is 7.38. The molecular formula is C26H22F3NO4. The van der Waals surface area contributed by atoms with Gasteiger partial charge in [-0.05, 0) is 48.4 Å². The van der Waals surface area contributed by atoms with Crippen LogP contribution >= 0.6 is 0 Å².